The molecule has 1 aromatic heterocycles. The number of nitrogens with one attached hydrogen (secondary N) is 2. The molecule has 0 radical (unpaired) electrons. The molecule has 0 spiro atoms. The molecule has 0 aliphatic carbocycles. The van der Waals surface area contributed by atoms with Gasteiger partial charge in [-0.15, -0.1) is 11.3 Å². The van der Waals surface area contributed by atoms with E-state index in [1.807, 2.05) is 0 Å². The van der Waals surface area contributed by atoms with Crippen molar-refractivity contribution in [2.75, 3.05) is 0 Å². The number of aromatic nitrogens is 1. The summed E-state index contributed by atoms with van der Waals surface area (Å²) < 4.78 is 13.5. The van der Waals surface area contributed by atoms with Gasteiger partial charge in [0.1, 0.15) is 15.7 Å². The molecule has 1 saturated heterocycles. The quantitative estimate of drug-likeness (QED) is 0.705. The minimum absolute atomic E-state index is 0.0648. The Morgan fingerprint density at radius 1 is 1.50 bits per heavy atom. The van der Waals surface area contributed by atoms with Gasteiger partial charge in [-0.1, -0.05) is 11.6 Å². The maximum Gasteiger partial charge on any atom is 0.263 e. The van der Waals surface area contributed by atoms with Crippen LogP contribution in [-0.4, -0.2) is 27.8 Å². The van der Waals surface area contributed by atoms with Crippen LogP contribution < -0.4 is 10.6 Å². The molecule has 1 aromatic carbocycles. The molecule has 2 heterocycles. The summed E-state index contributed by atoms with van der Waals surface area (Å²) in [6, 6.07) is 4.14. The molecular weight excluding hydrogens is 369 g/mol. The minimum Gasteiger partial charge on any atom is -0.346 e. The molecule has 8 heteroatoms. The van der Waals surface area contributed by atoms with Crippen molar-refractivity contribution in [2.45, 2.75) is 37.2 Å². The molecule has 0 bridgehead atoms. The Bertz CT molecular complexity index is 760. The fraction of sp³-hybridized carbons (Fsp3) is 0.375. The number of halogens is 2. The second-order valence-electron chi connectivity index (χ2n) is 6.44. The van der Waals surface area contributed by atoms with E-state index >= 15 is 0 Å². The summed E-state index contributed by atoms with van der Waals surface area (Å²) in [6.45, 7) is 4.14. The van der Waals surface area contributed by atoms with Gasteiger partial charge in [0.2, 0.25) is 0 Å². The molecule has 24 heavy (non-hydrogen) atoms. The first-order chi connectivity index (χ1) is 11.2. The lowest BCUT2D eigenvalue weighted by Gasteiger charge is -2.17. The normalized spacial score (nSPS) is 22.5. The van der Waals surface area contributed by atoms with Crippen LogP contribution in [-0.2, 0) is 0 Å². The van der Waals surface area contributed by atoms with Crippen LogP contribution in [0.2, 0.25) is 5.02 Å². The number of nitrogens with zero attached hydrogens (tertiary/aromatic N) is 1. The molecule has 2 aromatic rings. The highest BCUT2D eigenvalue weighted by atomic mass is 35.5. The van der Waals surface area contributed by atoms with E-state index in [0.29, 0.717) is 20.5 Å². The summed E-state index contributed by atoms with van der Waals surface area (Å²) in [6.07, 6.45) is 2.28. The van der Waals surface area contributed by atoms with Gasteiger partial charge in [0, 0.05) is 16.1 Å². The van der Waals surface area contributed by atoms with Gasteiger partial charge >= 0.3 is 0 Å². The summed E-state index contributed by atoms with van der Waals surface area (Å²) in [5.41, 5.74) is 0.487. The number of thiol groups is 1. The van der Waals surface area contributed by atoms with Crippen LogP contribution in [0.3, 0.4) is 0 Å². The standard InChI is InChI=1S/C16H17ClFN3OS2/c1-16(2)6-11(14(23)21-16)20-13(22)12-7-19-15(24-12)8-3-9(17)5-10(18)4-8/h3-5,7,11,14,21,23H,6H2,1-2H3,(H,20,22)/t11-,14-/m0/s1. The summed E-state index contributed by atoms with van der Waals surface area (Å²) in [4.78, 5) is 17.1. The van der Waals surface area contributed by atoms with E-state index in [2.05, 4.69) is 42.1 Å². The largest absolute Gasteiger partial charge is 0.346 e. The van der Waals surface area contributed by atoms with E-state index in [1.165, 1.54) is 29.7 Å². The Kier molecular flexibility index (Phi) is 4.88. The lowest BCUT2D eigenvalue weighted by Crippen LogP contribution is -2.40. The molecule has 1 aliphatic rings. The molecular formula is C16H17ClFN3OS2. The zero-order valence-electron chi connectivity index (χ0n) is 13.1. The zero-order valence-corrected chi connectivity index (χ0v) is 15.6. The van der Waals surface area contributed by atoms with E-state index in [4.69, 9.17) is 11.6 Å². The molecule has 4 nitrogen and oxygen atoms in total. The smallest absolute Gasteiger partial charge is 0.263 e. The van der Waals surface area contributed by atoms with E-state index in [9.17, 15) is 9.18 Å². The van der Waals surface area contributed by atoms with Gasteiger partial charge in [-0.3, -0.25) is 10.1 Å². The Labute approximate surface area is 154 Å². The predicted molar refractivity (Wildman–Crippen MR) is 98.4 cm³/mol. The third-order valence-electron chi connectivity index (χ3n) is 3.81. The maximum atomic E-state index is 13.5. The number of thiazole rings is 1. The van der Waals surface area contributed by atoms with Gasteiger partial charge in [0.05, 0.1) is 17.6 Å². The van der Waals surface area contributed by atoms with E-state index in [-0.39, 0.29) is 22.9 Å². The SMILES string of the molecule is CC1(C)C[C@H](NC(=O)c2cnc(-c3cc(F)cc(Cl)c3)s2)[C@H](S)N1. The third-order valence-corrected chi connectivity index (χ3v) is 5.56. The summed E-state index contributed by atoms with van der Waals surface area (Å²) in [5, 5.41) is 7.05. The van der Waals surface area contributed by atoms with Crippen molar-refractivity contribution in [1.82, 2.24) is 15.6 Å². The molecule has 2 N–H and O–H groups in total. The summed E-state index contributed by atoms with van der Waals surface area (Å²) in [5.74, 6) is -0.638. The highest BCUT2D eigenvalue weighted by molar-refractivity contribution is 7.81. The first-order valence-corrected chi connectivity index (χ1v) is 9.13. The van der Waals surface area contributed by atoms with Crippen LogP contribution in [0.25, 0.3) is 10.6 Å². The van der Waals surface area contributed by atoms with Gasteiger partial charge < -0.3 is 5.32 Å². The first-order valence-electron chi connectivity index (χ1n) is 7.42. The monoisotopic (exact) mass is 385 g/mol. The van der Waals surface area contributed by atoms with Crippen molar-refractivity contribution in [3.8, 4) is 10.6 Å². The van der Waals surface area contributed by atoms with Gasteiger partial charge in [-0.05, 0) is 38.5 Å². The minimum atomic E-state index is -0.434. The third kappa shape index (κ3) is 3.91. The topological polar surface area (TPSA) is 54.0 Å². The molecule has 128 valence electrons. The van der Waals surface area contributed by atoms with Crippen molar-refractivity contribution in [2.24, 2.45) is 0 Å². The van der Waals surface area contributed by atoms with Crippen molar-refractivity contribution in [3.05, 3.63) is 40.1 Å². The maximum absolute atomic E-state index is 13.5. The van der Waals surface area contributed by atoms with Crippen molar-refractivity contribution in [1.29, 1.82) is 0 Å². The van der Waals surface area contributed by atoms with Crippen molar-refractivity contribution < 1.29 is 9.18 Å². The Morgan fingerprint density at radius 3 is 2.88 bits per heavy atom. The Balaban J connectivity index is 1.74. The number of carbonyl (C=O) groups excluding carboxylic acids is 1. The first kappa shape index (κ1) is 17.7. The van der Waals surface area contributed by atoms with Crippen LogP contribution in [0.5, 0.6) is 0 Å². The summed E-state index contributed by atoms with van der Waals surface area (Å²) >= 11 is 11.5. The number of benzene rings is 1. The van der Waals surface area contributed by atoms with Gasteiger partial charge in [0.25, 0.3) is 5.91 Å². The predicted octanol–water partition coefficient (Wildman–Crippen LogP) is 3.73. The summed E-state index contributed by atoms with van der Waals surface area (Å²) in [7, 11) is 0. The van der Waals surface area contributed by atoms with Gasteiger partial charge in [-0.25, -0.2) is 9.37 Å². The molecule has 3 rings (SSSR count). The molecule has 0 unspecified atom stereocenters. The molecule has 2 atom stereocenters. The van der Waals surface area contributed by atoms with E-state index in [1.54, 1.807) is 6.07 Å². The molecule has 1 fully saturated rings. The lowest BCUT2D eigenvalue weighted by atomic mass is 10.0. The fourth-order valence-electron chi connectivity index (χ4n) is 2.78. The molecule has 1 aliphatic heterocycles. The Morgan fingerprint density at radius 2 is 2.25 bits per heavy atom. The number of hydrogen-bond acceptors (Lipinski definition) is 5. The number of rotatable bonds is 3. The number of amides is 1. The van der Waals surface area contributed by atoms with Gasteiger partial charge in [-0.2, -0.15) is 12.6 Å². The number of hydrogen-bond donors (Lipinski definition) is 3. The van der Waals surface area contributed by atoms with Crippen LogP contribution in [0.1, 0.15) is 29.9 Å². The fourth-order valence-corrected chi connectivity index (χ4v) is 4.34. The highest BCUT2D eigenvalue weighted by Crippen LogP contribution is 2.29. The lowest BCUT2D eigenvalue weighted by molar-refractivity contribution is 0.0941. The molecule has 0 saturated carbocycles. The second-order valence-corrected chi connectivity index (χ2v) is 8.47. The van der Waals surface area contributed by atoms with Crippen molar-refractivity contribution >= 4 is 41.5 Å². The number of carbonyl (C=O) groups is 1. The average Bonchev–Trinajstić information content (AvgIpc) is 3.03. The van der Waals surface area contributed by atoms with Crippen LogP contribution in [0.4, 0.5) is 4.39 Å². The highest BCUT2D eigenvalue weighted by Gasteiger charge is 2.37. The Hall–Kier alpha value is -1.15. The van der Waals surface area contributed by atoms with Crippen LogP contribution >= 0.6 is 35.6 Å². The van der Waals surface area contributed by atoms with Crippen LogP contribution in [0.15, 0.2) is 24.4 Å². The van der Waals surface area contributed by atoms with E-state index in [0.717, 1.165) is 6.42 Å². The average molecular weight is 386 g/mol. The van der Waals surface area contributed by atoms with Crippen LogP contribution in [0, 0.1) is 5.82 Å². The molecule has 1 amide bonds. The second kappa shape index (κ2) is 6.63. The zero-order chi connectivity index (χ0) is 17.5. The van der Waals surface area contributed by atoms with Gasteiger partial charge in [0.15, 0.2) is 0 Å². The van der Waals surface area contributed by atoms with E-state index < -0.39 is 5.82 Å². The van der Waals surface area contributed by atoms with Crippen molar-refractivity contribution in [3.63, 3.8) is 0 Å².